The molecular formula is C17H24N6O3. The molecule has 1 aromatic rings. The van der Waals surface area contributed by atoms with Gasteiger partial charge in [0.2, 0.25) is 11.8 Å². The summed E-state index contributed by atoms with van der Waals surface area (Å²) in [5.41, 5.74) is 0.361. The fraction of sp³-hybridized carbons (Fsp3) is 0.588. The van der Waals surface area contributed by atoms with Crippen molar-refractivity contribution in [3.05, 3.63) is 18.1 Å². The number of rotatable bonds is 2. The molecule has 0 atom stereocenters. The highest BCUT2D eigenvalue weighted by Crippen LogP contribution is 2.16. The Labute approximate surface area is 152 Å². The molecule has 0 saturated carbocycles. The molecule has 0 N–H and O–H groups in total. The number of hydrogen-bond acceptors (Lipinski definition) is 6. The molecular weight excluding hydrogens is 336 g/mol. The molecule has 2 aliphatic rings. The predicted octanol–water partition coefficient (Wildman–Crippen LogP) is -0.551. The smallest absolute Gasteiger partial charge is 0.272 e. The summed E-state index contributed by atoms with van der Waals surface area (Å²) in [6.07, 6.45) is 1.41. The number of carbonyl (C=O) groups excluding carboxylic acids is 3. The van der Waals surface area contributed by atoms with E-state index in [0.29, 0.717) is 63.9 Å². The maximum atomic E-state index is 12.7. The van der Waals surface area contributed by atoms with Crippen LogP contribution >= 0.6 is 0 Å². The van der Waals surface area contributed by atoms with E-state index >= 15 is 0 Å². The van der Waals surface area contributed by atoms with Gasteiger partial charge in [-0.2, -0.15) is 0 Å². The highest BCUT2D eigenvalue weighted by molar-refractivity contribution is 5.93. The minimum atomic E-state index is -0.140. The molecule has 0 unspecified atom stereocenters. The monoisotopic (exact) mass is 360 g/mol. The molecule has 140 valence electrons. The van der Waals surface area contributed by atoms with E-state index in [1.165, 1.54) is 6.33 Å². The largest absolute Gasteiger partial charge is 0.353 e. The standard InChI is InChI=1S/C17H24N6O3/c1-13(24)20-3-7-22(8-4-20)16-11-15(18-12-19-16)17(26)23-9-5-21(6-10-23)14(2)25/h11-12H,3-10H2,1-2H3. The molecule has 1 aromatic heterocycles. The van der Waals surface area contributed by atoms with Crippen LogP contribution in [0.15, 0.2) is 12.4 Å². The Morgan fingerprint density at radius 2 is 1.27 bits per heavy atom. The van der Waals surface area contributed by atoms with Crippen LogP contribution in [0, 0.1) is 0 Å². The second-order valence-corrected chi connectivity index (χ2v) is 6.55. The van der Waals surface area contributed by atoms with Gasteiger partial charge in [0.15, 0.2) is 0 Å². The van der Waals surface area contributed by atoms with Gasteiger partial charge < -0.3 is 19.6 Å². The average Bonchev–Trinajstić information content (AvgIpc) is 2.67. The lowest BCUT2D eigenvalue weighted by molar-refractivity contribution is -0.130. The third-order valence-corrected chi connectivity index (χ3v) is 4.93. The zero-order chi connectivity index (χ0) is 18.7. The van der Waals surface area contributed by atoms with E-state index in [9.17, 15) is 14.4 Å². The van der Waals surface area contributed by atoms with E-state index in [4.69, 9.17) is 0 Å². The van der Waals surface area contributed by atoms with E-state index in [1.54, 1.807) is 34.6 Å². The Balaban J connectivity index is 1.63. The van der Waals surface area contributed by atoms with Crippen molar-refractivity contribution in [1.29, 1.82) is 0 Å². The zero-order valence-corrected chi connectivity index (χ0v) is 15.2. The van der Waals surface area contributed by atoms with E-state index in [0.717, 1.165) is 0 Å². The van der Waals surface area contributed by atoms with Crippen molar-refractivity contribution in [3.8, 4) is 0 Å². The van der Waals surface area contributed by atoms with Crippen LogP contribution in [0.25, 0.3) is 0 Å². The number of hydrogen-bond donors (Lipinski definition) is 0. The van der Waals surface area contributed by atoms with E-state index in [1.807, 2.05) is 0 Å². The second kappa shape index (κ2) is 7.67. The average molecular weight is 360 g/mol. The van der Waals surface area contributed by atoms with Gasteiger partial charge in [-0.3, -0.25) is 14.4 Å². The molecule has 0 spiro atoms. The summed E-state index contributed by atoms with van der Waals surface area (Å²) in [7, 11) is 0. The summed E-state index contributed by atoms with van der Waals surface area (Å²) in [4.78, 5) is 51.3. The van der Waals surface area contributed by atoms with Crippen LogP contribution < -0.4 is 4.90 Å². The van der Waals surface area contributed by atoms with Gasteiger partial charge >= 0.3 is 0 Å². The van der Waals surface area contributed by atoms with Gasteiger partial charge in [-0.15, -0.1) is 0 Å². The Morgan fingerprint density at radius 3 is 1.81 bits per heavy atom. The third kappa shape index (κ3) is 3.92. The van der Waals surface area contributed by atoms with Crippen molar-refractivity contribution >= 4 is 23.5 Å². The first-order valence-corrected chi connectivity index (χ1v) is 8.83. The number of anilines is 1. The lowest BCUT2D eigenvalue weighted by Gasteiger charge is -2.35. The van der Waals surface area contributed by atoms with Crippen LogP contribution in [-0.2, 0) is 9.59 Å². The summed E-state index contributed by atoms with van der Waals surface area (Å²) >= 11 is 0. The number of nitrogens with zero attached hydrogens (tertiary/aromatic N) is 6. The fourth-order valence-electron chi connectivity index (χ4n) is 3.27. The van der Waals surface area contributed by atoms with E-state index in [-0.39, 0.29) is 17.7 Å². The minimum absolute atomic E-state index is 0.0334. The normalized spacial score (nSPS) is 18.1. The Bertz CT molecular complexity index is 693. The van der Waals surface area contributed by atoms with Gasteiger partial charge in [0, 0.05) is 72.3 Å². The molecule has 2 fully saturated rings. The van der Waals surface area contributed by atoms with Crippen molar-refractivity contribution in [3.63, 3.8) is 0 Å². The summed E-state index contributed by atoms with van der Waals surface area (Å²) < 4.78 is 0. The molecule has 3 heterocycles. The Hall–Kier alpha value is -2.71. The summed E-state index contributed by atoms with van der Waals surface area (Å²) in [5, 5.41) is 0. The quantitative estimate of drug-likeness (QED) is 0.703. The van der Waals surface area contributed by atoms with Crippen LogP contribution in [0.1, 0.15) is 24.3 Å². The molecule has 2 aliphatic heterocycles. The second-order valence-electron chi connectivity index (χ2n) is 6.55. The first-order chi connectivity index (χ1) is 12.5. The summed E-state index contributed by atoms with van der Waals surface area (Å²) in [6, 6.07) is 1.71. The predicted molar refractivity (Wildman–Crippen MR) is 94.7 cm³/mol. The highest BCUT2D eigenvalue weighted by atomic mass is 16.2. The molecule has 2 saturated heterocycles. The van der Waals surface area contributed by atoms with Gasteiger partial charge in [-0.05, 0) is 0 Å². The van der Waals surface area contributed by atoms with E-state index in [2.05, 4.69) is 14.9 Å². The Kier molecular flexibility index (Phi) is 5.34. The maximum absolute atomic E-state index is 12.7. The summed E-state index contributed by atoms with van der Waals surface area (Å²) in [6.45, 7) is 7.89. The lowest BCUT2D eigenvalue weighted by Crippen LogP contribution is -2.50. The van der Waals surface area contributed by atoms with Crippen LogP contribution in [0.5, 0.6) is 0 Å². The van der Waals surface area contributed by atoms with Gasteiger partial charge in [0.05, 0.1) is 0 Å². The maximum Gasteiger partial charge on any atom is 0.272 e. The topological polar surface area (TPSA) is 90.0 Å². The van der Waals surface area contributed by atoms with E-state index < -0.39 is 0 Å². The first-order valence-electron chi connectivity index (χ1n) is 8.83. The third-order valence-electron chi connectivity index (χ3n) is 4.93. The number of piperazine rings is 2. The van der Waals surface area contributed by atoms with Gasteiger partial charge in [0.1, 0.15) is 17.8 Å². The van der Waals surface area contributed by atoms with Crippen molar-refractivity contribution in [1.82, 2.24) is 24.7 Å². The van der Waals surface area contributed by atoms with Crippen molar-refractivity contribution in [2.75, 3.05) is 57.3 Å². The van der Waals surface area contributed by atoms with Gasteiger partial charge in [-0.1, -0.05) is 0 Å². The van der Waals surface area contributed by atoms with Crippen LogP contribution in [0.4, 0.5) is 5.82 Å². The molecule has 26 heavy (non-hydrogen) atoms. The summed E-state index contributed by atoms with van der Waals surface area (Å²) in [5.74, 6) is 0.673. The lowest BCUT2D eigenvalue weighted by atomic mass is 10.2. The zero-order valence-electron chi connectivity index (χ0n) is 15.2. The highest BCUT2D eigenvalue weighted by Gasteiger charge is 2.25. The molecule has 0 aliphatic carbocycles. The molecule has 0 bridgehead atoms. The number of aromatic nitrogens is 2. The number of carbonyl (C=O) groups is 3. The molecule has 3 rings (SSSR count). The van der Waals surface area contributed by atoms with Gasteiger partial charge in [0.25, 0.3) is 5.91 Å². The molecule has 0 radical (unpaired) electrons. The molecule has 9 heteroatoms. The fourth-order valence-corrected chi connectivity index (χ4v) is 3.27. The van der Waals surface area contributed by atoms with Crippen molar-refractivity contribution in [2.24, 2.45) is 0 Å². The van der Waals surface area contributed by atoms with Crippen LogP contribution in [0.3, 0.4) is 0 Å². The van der Waals surface area contributed by atoms with Gasteiger partial charge in [-0.25, -0.2) is 9.97 Å². The molecule has 3 amide bonds. The SMILES string of the molecule is CC(=O)N1CCN(C(=O)c2cc(N3CCN(C(C)=O)CC3)ncn2)CC1. The number of amides is 3. The van der Waals surface area contributed by atoms with Crippen LogP contribution in [0.2, 0.25) is 0 Å². The molecule has 9 nitrogen and oxygen atoms in total. The minimum Gasteiger partial charge on any atom is -0.353 e. The first kappa shape index (κ1) is 18.1. The van der Waals surface area contributed by atoms with Crippen LogP contribution in [-0.4, -0.2) is 94.7 Å². The van der Waals surface area contributed by atoms with Crippen molar-refractivity contribution in [2.45, 2.75) is 13.8 Å². The van der Waals surface area contributed by atoms with Crippen molar-refractivity contribution < 1.29 is 14.4 Å². The molecule has 0 aromatic carbocycles. The Morgan fingerprint density at radius 1 is 0.769 bits per heavy atom.